The first-order valence-electron chi connectivity index (χ1n) is 9.07. The van der Waals surface area contributed by atoms with Gasteiger partial charge in [-0.25, -0.2) is 0 Å². The second-order valence-corrected chi connectivity index (χ2v) is 6.51. The quantitative estimate of drug-likeness (QED) is 0.519. The number of aromatic nitrogens is 1. The number of amides is 1. The van der Waals surface area contributed by atoms with Crippen LogP contribution in [-0.4, -0.2) is 18.0 Å². The Morgan fingerprint density at radius 1 is 0.893 bits per heavy atom. The lowest BCUT2D eigenvalue weighted by Gasteiger charge is -2.16. The molecule has 28 heavy (non-hydrogen) atoms. The molecule has 0 aliphatic heterocycles. The van der Waals surface area contributed by atoms with E-state index in [0.29, 0.717) is 16.9 Å². The van der Waals surface area contributed by atoms with Gasteiger partial charge in [-0.2, -0.15) is 0 Å². The van der Waals surface area contributed by atoms with Crippen molar-refractivity contribution in [3.8, 4) is 16.9 Å². The number of ether oxygens (including phenoxy) is 1. The number of methoxy groups -OCH3 is 1. The van der Waals surface area contributed by atoms with Gasteiger partial charge in [-0.15, -0.1) is 0 Å². The zero-order valence-electron chi connectivity index (χ0n) is 15.8. The predicted octanol–water partition coefficient (Wildman–Crippen LogP) is 5.47. The molecule has 0 atom stereocenters. The minimum atomic E-state index is -0.181. The molecule has 138 valence electrons. The van der Waals surface area contributed by atoms with Crippen molar-refractivity contribution in [3.05, 3.63) is 90.1 Å². The lowest BCUT2D eigenvalue weighted by molar-refractivity contribution is 0.102. The van der Waals surface area contributed by atoms with Crippen molar-refractivity contribution in [2.75, 3.05) is 12.4 Å². The first kappa shape index (κ1) is 17.7. The number of nitrogens with one attached hydrogen (secondary N) is 1. The zero-order chi connectivity index (χ0) is 19.5. The Morgan fingerprint density at radius 2 is 1.57 bits per heavy atom. The van der Waals surface area contributed by atoms with Crippen molar-refractivity contribution in [3.63, 3.8) is 0 Å². The maximum Gasteiger partial charge on any atom is 0.258 e. The van der Waals surface area contributed by atoms with E-state index in [1.165, 1.54) is 0 Å². The number of pyridine rings is 1. The second kappa shape index (κ2) is 7.53. The van der Waals surface area contributed by atoms with Crippen LogP contribution in [0.15, 0.2) is 78.9 Å². The summed E-state index contributed by atoms with van der Waals surface area (Å²) < 4.78 is 5.18. The van der Waals surface area contributed by atoms with Crippen LogP contribution in [0.25, 0.3) is 22.0 Å². The summed E-state index contributed by atoms with van der Waals surface area (Å²) in [7, 11) is 1.61. The summed E-state index contributed by atoms with van der Waals surface area (Å²) >= 11 is 0. The third-order valence-electron chi connectivity index (χ3n) is 4.71. The number of anilines is 1. The van der Waals surface area contributed by atoms with Crippen molar-refractivity contribution in [2.45, 2.75) is 6.92 Å². The second-order valence-electron chi connectivity index (χ2n) is 6.51. The van der Waals surface area contributed by atoms with Crippen LogP contribution in [0, 0.1) is 6.92 Å². The number of aryl methyl sites for hydroxylation is 1. The van der Waals surface area contributed by atoms with E-state index in [0.717, 1.165) is 27.8 Å². The van der Waals surface area contributed by atoms with Gasteiger partial charge >= 0.3 is 0 Å². The van der Waals surface area contributed by atoms with Gasteiger partial charge in [0.25, 0.3) is 5.91 Å². The largest absolute Gasteiger partial charge is 0.497 e. The van der Waals surface area contributed by atoms with Gasteiger partial charge in [0.1, 0.15) is 5.75 Å². The van der Waals surface area contributed by atoms with Crippen LogP contribution in [0.1, 0.15) is 16.1 Å². The Balaban J connectivity index is 1.85. The smallest absolute Gasteiger partial charge is 0.258 e. The van der Waals surface area contributed by atoms with Crippen molar-refractivity contribution in [2.24, 2.45) is 0 Å². The number of hydrogen-bond acceptors (Lipinski definition) is 3. The summed E-state index contributed by atoms with van der Waals surface area (Å²) in [5.74, 6) is 0.561. The molecule has 1 heterocycles. The van der Waals surface area contributed by atoms with E-state index in [2.05, 4.69) is 10.3 Å². The normalized spacial score (nSPS) is 10.6. The first-order valence-corrected chi connectivity index (χ1v) is 9.07. The highest BCUT2D eigenvalue weighted by atomic mass is 16.5. The molecule has 0 spiro atoms. The van der Waals surface area contributed by atoms with E-state index in [1.54, 1.807) is 7.11 Å². The van der Waals surface area contributed by atoms with Crippen molar-refractivity contribution in [1.82, 2.24) is 4.98 Å². The van der Waals surface area contributed by atoms with Gasteiger partial charge in [0.2, 0.25) is 0 Å². The van der Waals surface area contributed by atoms with Gasteiger partial charge in [0, 0.05) is 16.6 Å². The Morgan fingerprint density at radius 3 is 2.29 bits per heavy atom. The van der Waals surface area contributed by atoms with E-state index in [-0.39, 0.29) is 5.91 Å². The summed E-state index contributed by atoms with van der Waals surface area (Å²) in [5.41, 5.74) is 4.75. The Bertz CT molecular complexity index is 1140. The van der Waals surface area contributed by atoms with Crippen molar-refractivity contribution >= 4 is 22.5 Å². The SMILES string of the molecule is COc1ccc(NC(=O)c2c(C)nc3ccccc3c2-c2ccccc2)cc1. The number of fused-ring (bicyclic) bond motifs is 1. The fourth-order valence-corrected chi connectivity index (χ4v) is 3.39. The molecular weight excluding hydrogens is 348 g/mol. The van der Waals surface area contributed by atoms with Crippen LogP contribution >= 0.6 is 0 Å². The molecule has 0 saturated carbocycles. The number of para-hydroxylation sites is 1. The number of hydrogen-bond donors (Lipinski definition) is 1. The number of benzene rings is 3. The number of carbonyl (C=O) groups is 1. The molecule has 0 bridgehead atoms. The van der Waals surface area contributed by atoms with Gasteiger partial charge in [-0.3, -0.25) is 9.78 Å². The lowest BCUT2D eigenvalue weighted by Crippen LogP contribution is -2.16. The molecule has 1 aromatic heterocycles. The molecule has 0 aliphatic rings. The van der Waals surface area contributed by atoms with E-state index in [1.807, 2.05) is 85.8 Å². The summed E-state index contributed by atoms with van der Waals surface area (Å²) in [6.07, 6.45) is 0. The maximum absolute atomic E-state index is 13.2. The fraction of sp³-hybridized carbons (Fsp3) is 0.0833. The molecular formula is C24H20N2O2. The third-order valence-corrected chi connectivity index (χ3v) is 4.71. The standard InChI is InChI=1S/C24H20N2O2/c1-16-22(24(27)26-18-12-14-19(28-2)15-13-18)23(17-8-4-3-5-9-17)20-10-6-7-11-21(20)25-16/h3-15H,1-2H3,(H,26,27). The molecule has 4 nitrogen and oxygen atoms in total. The monoisotopic (exact) mass is 368 g/mol. The fourth-order valence-electron chi connectivity index (χ4n) is 3.39. The highest BCUT2D eigenvalue weighted by Crippen LogP contribution is 2.33. The van der Waals surface area contributed by atoms with Crippen molar-refractivity contribution in [1.29, 1.82) is 0 Å². The van der Waals surface area contributed by atoms with Gasteiger partial charge in [0.05, 0.1) is 23.9 Å². The van der Waals surface area contributed by atoms with E-state index < -0.39 is 0 Å². The third kappa shape index (κ3) is 3.32. The van der Waals surface area contributed by atoms with Crippen LogP contribution < -0.4 is 10.1 Å². The molecule has 4 aromatic rings. The molecule has 4 rings (SSSR count). The van der Waals surface area contributed by atoms with Crippen LogP contribution in [-0.2, 0) is 0 Å². The molecule has 3 aromatic carbocycles. The minimum absolute atomic E-state index is 0.181. The minimum Gasteiger partial charge on any atom is -0.497 e. The predicted molar refractivity (Wildman–Crippen MR) is 113 cm³/mol. The molecule has 1 N–H and O–H groups in total. The molecule has 0 saturated heterocycles. The summed E-state index contributed by atoms with van der Waals surface area (Å²) in [4.78, 5) is 17.9. The topological polar surface area (TPSA) is 51.2 Å². The maximum atomic E-state index is 13.2. The lowest BCUT2D eigenvalue weighted by atomic mass is 9.94. The Labute approximate surface area is 163 Å². The highest BCUT2D eigenvalue weighted by molar-refractivity contribution is 6.14. The summed E-state index contributed by atoms with van der Waals surface area (Å²) in [5, 5.41) is 3.95. The average molecular weight is 368 g/mol. The number of nitrogens with zero attached hydrogens (tertiary/aromatic N) is 1. The van der Waals surface area contributed by atoms with E-state index in [9.17, 15) is 4.79 Å². The molecule has 1 amide bonds. The Kier molecular flexibility index (Phi) is 4.77. The molecule has 0 fully saturated rings. The van der Waals surface area contributed by atoms with Crippen LogP contribution in [0.3, 0.4) is 0 Å². The van der Waals surface area contributed by atoms with E-state index in [4.69, 9.17) is 4.74 Å². The molecule has 4 heteroatoms. The van der Waals surface area contributed by atoms with Gasteiger partial charge in [-0.05, 0) is 42.8 Å². The molecule has 0 aliphatic carbocycles. The Hall–Kier alpha value is -3.66. The summed E-state index contributed by atoms with van der Waals surface area (Å²) in [6.45, 7) is 1.88. The van der Waals surface area contributed by atoms with Crippen LogP contribution in [0.2, 0.25) is 0 Å². The first-order chi connectivity index (χ1) is 13.7. The number of rotatable bonds is 4. The van der Waals surface area contributed by atoms with Crippen molar-refractivity contribution < 1.29 is 9.53 Å². The van der Waals surface area contributed by atoms with Crippen LogP contribution in [0.5, 0.6) is 5.75 Å². The van der Waals surface area contributed by atoms with Gasteiger partial charge in [-0.1, -0.05) is 48.5 Å². The average Bonchev–Trinajstić information content (AvgIpc) is 2.74. The van der Waals surface area contributed by atoms with E-state index >= 15 is 0 Å². The number of carbonyl (C=O) groups excluding carboxylic acids is 1. The summed E-state index contributed by atoms with van der Waals surface area (Å²) in [6, 6.07) is 25.2. The highest BCUT2D eigenvalue weighted by Gasteiger charge is 2.20. The van der Waals surface area contributed by atoms with Crippen LogP contribution in [0.4, 0.5) is 5.69 Å². The molecule has 0 radical (unpaired) electrons. The van der Waals surface area contributed by atoms with Gasteiger partial charge < -0.3 is 10.1 Å². The zero-order valence-corrected chi connectivity index (χ0v) is 15.8. The molecule has 0 unspecified atom stereocenters. The van der Waals surface area contributed by atoms with Gasteiger partial charge in [0.15, 0.2) is 0 Å².